The number of anilines is 1. The smallest absolute Gasteiger partial charge is 0.260 e. The molecule has 0 unspecified atom stereocenters. The predicted molar refractivity (Wildman–Crippen MR) is 114 cm³/mol. The summed E-state index contributed by atoms with van der Waals surface area (Å²) in [6, 6.07) is 9.73. The molecule has 0 atom stereocenters. The van der Waals surface area contributed by atoms with Crippen molar-refractivity contribution < 1.29 is 4.79 Å². The lowest BCUT2D eigenvalue weighted by Gasteiger charge is -2.02. The summed E-state index contributed by atoms with van der Waals surface area (Å²) in [5.74, 6) is -0.102. The van der Waals surface area contributed by atoms with E-state index in [-0.39, 0.29) is 17.2 Å². The van der Waals surface area contributed by atoms with Crippen LogP contribution in [0.3, 0.4) is 0 Å². The minimum Gasteiger partial charge on any atom is -0.301 e. The van der Waals surface area contributed by atoms with Gasteiger partial charge in [-0.15, -0.1) is 21.5 Å². The van der Waals surface area contributed by atoms with Crippen LogP contribution in [0.5, 0.6) is 0 Å². The van der Waals surface area contributed by atoms with Crippen molar-refractivity contribution in [3.63, 3.8) is 0 Å². The molecule has 0 saturated heterocycles. The molecule has 0 spiro atoms. The zero-order valence-electron chi connectivity index (χ0n) is 14.8. The quantitative estimate of drug-likeness (QED) is 0.357. The summed E-state index contributed by atoms with van der Waals surface area (Å²) >= 11 is 3.95. The maximum Gasteiger partial charge on any atom is 0.260 e. The van der Waals surface area contributed by atoms with Gasteiger partial charge in [-0.1, -0.05) is 60.4 Å². The maximum absolute atomic E-state index is 12.6. The second kappa shape index (κ2) is 8.21. The number of hydrogen-bond acceptors (Lipinski definition) is 8. The summed E-state index contributed by atoms with van der Waals surface area (Å²) in [4.78, 5) is 32.6. The molecule has 3 heterocycles. The zero-order chi connectivity index (χ0) is 19.5. The van der Waals surface area contributed by atoms with Gasteiger partial charge in [-0.2, -0.15) is 0 Å². The first-order valence-electron chi connectivity index (χ1n) is 8.46. The molecule has 0 radical (unpaired) electrons. The van der Waals surface area contributed by atoms with Crippen LogP contribution in [0, 0.1) is 0 Å². The topological polar surface area (TPSA) is 101 Å². The number of amides is 1. The van der Waals surface area contributed by atoms with Crippen molar-refractivity contribution in [2.45, 2.75) is 18.5 Å². The molecule has 1 amide bonds. The van der Waals surface area contributed by atoms with Crippen LogP contribution in [-0.2, 0) is 11.2 Å². The SMILES string of the molecule is CCc1nnc(NC(=O)CSc2nc3scc(-c4ccccc4)c3c(=O)[nH]2)s1. The molecule has 7 nitrogen and oxygen atoms in total. The minimum absolute atomic E-state index is 0.117. The Balaban J connectivity index is 1.49. The van der Waals surface area contributed by atoms with E-state index in [9.17, 15) is 9.59 Å². The van der Waals surface area contributed by atoms with E-state index in [0.717, 1.165) is 22.6 Å². The summed E-state index contributed by atoms with van der Waals surface area (Å²) < 4.78 is 0. The Morgan fingerprint density at radius 2 is 2.07 bits per heavy atom. The average molecular weight is 430 g/mol. The number of hydrogen-bond donors (Lipinski definition) is 2. The number of thiophene rings is 1. The molecular weight excluding hydrogens is 414 g/mol. The van der Waals surface area contributed by atoms with E-state index in [0.29, 0.717) is 20.5 Å². The highest BCUT2D eigenvalue weighted by Gasteiger charge is 2.14. The maximum atomic E-state index is 12.6. The van der Waals surface area contributed by atoms with Gasteiger partial charge in [-0.05, 0) is 12.0 Å². The molecule has 4 aromatic rings. The van der Waals surface area contributed by atoms with Crippen LogP contribution in [0.2, 0.25) is 0 Å². The first-order valence-corrected chi connectivity index (χ1v) is 11.1. The van der Waals surface area contributed by atoms with Gasteiger partial charge in [0.05, 0.1) is 11.1 Å². The van der Waals surface area contributed by atoms with E-state index in [1.54, 1.807) is 0 Å². The third-order valence-electron chi connectivity index (χ3n) is 3.86. The Kier molecular flexibility index (Phi) is 5.51. The van der Waals surface area contributed by atoms with Gasteiger partial charge in [0.15, 0.2) is 5.16 Å². The van der Waals surface area contributed by atoms with Gasteiger partial charge in [0.1, 0.15) is 9.84 Å². The third-order valence-corrected chi connectivity index (χ3v) is 6.59. The number of rotatable bonds is 6. The first kappa shape index (κ1) is 18.8. The molecule has 28 heavy (non-hydrogen) atoms. The number of aromatic nitrogens is 4. The summed E-state index contributed by atoms with van der Waals surface area (Å²) in [6.45, 7) is 1.98. The van der Waals surface area contributed by atoms with Crippen LogP contribution in [0.1, 0.15) is 11.9 Å². The number of carbonyl (C=O) groups is 1. The van der Waals surface area contributed by atoms with Crippen LogP contribution in [0.15, 0.2) is 45.7 Å². The van der Waals surface area contributed by atoms with E-state index < -0.39 is 0 Å². The number of benzene rings is 1. The summed E-state index contributed by atoms with van der Waals surface area (Å²) in [6.07, 6.45) is 0.777. The molecule has 0 saturated carbocycles. The van der Waals surface area contributed by atoms with E-state index >= 15 is 0 Å². The van der Waals surface area contributed by atoms with E-state index in [4.69, 9.17) is 0 Å². The van der Waals surface area contributed by atoms with Crippen LogP contribution < -0.4 is 10.9 Å². The predicted octanol–water partition coefficient (Wildman–Crippen LogP) is 3.80. The van der Waals surface area contributed by atoms with E-state index in [2.05, 4.69) is 25.5 Å². The number of nitrogens with zero attached hydrogens (tertiary/aromatic N) is 3. The molecule has 142 valence electrons. The van der Waals surface area contributed by atoms with Crippen LogP contribution in [0.4, 0.5) is 5.13 Å². The van der Waals surface area contributed by atoms with Crippen LogP contribution in [-0.4, -0.2) is 31.8 Å². The lowest BCUT2D eigenvalue weighted by molar-refractivity contribution is -0.113. The van der Waals surface area contributed by atoms with Crippen molar-refractivity contribution in [3.8, 4) is 11.1 Å². The number of aryl methyl sites for hydroxylation is 1. The molecular formula is C18H15N5O2S3. The molecule has 3 aromatic heterocycles. The number of carbonyl (C=O) groups excluding carboxylic acids is 1. The van der Waals surface area contributed by atoms with E-state index in [1.165, 1.54) is 34.4 Å². The van der Waals surface area contributed by atoms with Gasteiger partial charge >= 0.3 is 0 Å². The van der Waals surface area contributed by atoms with Gasteiger partial charge in [0.25, 0.3) is 5.56 Å². The highest BCUT2D eigenvalue weighted by molar-refractivity contribution is 7.99. The summed E-state index contributed by atoms with van der Waals surface area (Å²) in [7, 11) is 0. The largest absolute Gasteiger partial charge is 0.301 e. The molecule has 0 fully saturated rings. The second-order valence-corrected chi connectivity index (χ2v) is 8.64. The van der Waals surface area contributed by atoms with Crippen molar-refractivity contribution in [1.29, 1.82) is 0 Å². The van der Waals surface area contributed by atoms with Gasteiger partial charge in [0, 0.05) is 10.9 Å². The summed E-state index contributed by atoms with van der Waals surface area (Å²) in [5.41, 5.74) is 1.64. The fourth-order valence-electron chi connectivity index (χ4n) is 2.56. The number of nitrogens with one attached hydrogen (secondary N) is 2. The molecule has 0 bridgehead atoms. The Morgan fingerprint density at radius 3 is 2.82 bits per heavy atom. The number of fused-ring (bicyclic) bond motifs is 1. The third kappa shape index (κ3) is 3.98. The monoisotopic (exact) mass is 429 g/mol. The first-order chi connectivity index (χ1) is 13.6. The van der Waals surface area contributed by atoms with Crippen molar-refractivity contribution in [2.24, 2.45) is 0 Å². The zero-order valence-corrected chi connectivity index (χ0v) is 17.2. The fraction of sp³-hybridized carbons (Fsp3) is 0.167. The average Bonchev–Trinajstić information content (AvgIpc) is 3.34. The molecule has 10 heteroatoms. The van der Waals surface area contributed by atoms with Crippen molar-refractivity contribution in [2.75, 3.05) is 11.1 Å². The number of aromatic amines is 1. The molecule has 0 aliphatic carbocycles. The van der Waals surface area contributed by atoms with Crippen molar-refractivity contribution >= 4 is 55.7 Å². The molecule has 0 aliphatic rings. The van der Waals surface area contributed by atoms with Gasteiger partial charge in [-0.25, -0.2) is 4.98 Å². The number of H-pyrrole nitrogens is 1. The Bertz CT molecular complexity index is 1180. The standard InChI is InChI=1S/C18H15N5O2S3/c1-2-13-22-23-18(28-13)19-12(24)9-27-17-20-15(25)14-11(8-26-16(14)21-17)10-6-4-3-5-7-10/h3-8H,2,9H2,1H3,(H,19,23,24)(H,20,21,25). The van der Waals surface area contributed by atoms with Crippen LogP contribution >= 0.6 is 34.4 Å². The summed E-state index contributed by atoms with van der Waals surface area (Å²) in [5, 5.41) is 14.9. The number of thioether (sulfide) groups is 1. The molecule has 1 aromatic carbocycles. The van der Waals surface area contributed by atoms with Gasteiger partial charge in [0.2, 0.25) is 11.0 Å². The highest BCUT2D eigenvalue weighted by atomic mass is 32.2. The van der Waals surface area contributed by atoms with Crippen molar-refractivity contribution in [1.82, 2.24) is 20.2 Å². The molecule has 2 N–H and O–H groups in total. The van der Waals surface area contributed by atoms with Crippen molar-refractivity contribution in [3.05, 3.63) is 51.1 Å². The Hall–Kier alpha value is -2.56. The highest BCUT2D eigenvalue weighted by Crippen LogP contribution is 2.31. The van der Waals surface area contributed by atoms with E-state index in [1.807, 2.05) is 42.6 Å². The second-order valence-electron chi connectivity index (χ2n) is 5.76. The van der Waals surface area contributed by atoms with Crippen LogP contribution in [0.25, 0.3) is 21.3 Å². The Morgan fingerprint density at radius 1 is 1.25 bits per heavy atom. The van der Waals surface area contributed by atoms with Gasteiger partial charge in [-0.3, -0.25) is 14.9 Å². The lowest BCUT2D eigenvalue weighted by Crippen LogP contribution is -2.15. The fourth-order valence-corrected chi connectivity index (χ4v) is 4.93. The lowest BCUT2D eigenvalue weighted by atomic mass is 10.1. The molecule has 4 rings (SSSR count). The normalized spacial score (nSPS) is 11.0. The minimum atomic E-state index is -0.220. The van der Waals surface area contributed by atoms with Gasteiger partial charge < -0.3 is 4.98 Å². The molecule has 0 aliphatic heterocycles. The Labute approximate surface area is 172 Å².